The van der Waals surface area contributed by atoms with Crippen molar-refractivity contribution in [1.82, 2.24) is 9.69 Å². The highest BCUT2D eigenvalue weighted by atomic mass is 32.1. The molecular formula is C11H10N4O4S. The van der Waals surface area contributed by atoms with Gasteiger partial charge in [0.2, 0.25) is 0 Å². The predicted octanol–water partition coefficient (Wildman–Crippen LogP) is 1.45. The molecule has 0 aliphatic carbocycles. The molecule has 0 spiro atoms. The molecule has 0 unspecified atom stereocenters. The summed E-state index contributed by atoms with van der Waals surface area (Å²) in [5, 5.41) is 16.2. The first kappa shape index (κ1) is 13.7. The molecule has 0 bridgehead atoms. The molecule has 2 rings (SSSR count). The summed E-state index contributed by atoms with van der Waals surface area (Å²) in [5.74, 6) is -0.527. The number of nitro benzene ring substituents is 1. The lowest BCUT2D eigenvalue weighted by molar-refractivity contribution is -0.384. The summed E-state index contributed by atoms with van der Waals surface area (Å²) < 4.78 is 2.44. The highest BCUT2D eigenvalue weighted by Crippen LogP contribution is 2.25. The fourth-order valence-corrected chi connectivity index (χ4v) is 2.30. The molecule has 0 aliphatic rings. The lowest BCUT2D eigenvalue weighted by Gasteiger charge is -2.05. The van der Waals surface area contributed by atoms with E-state index in [2.05, 4.69) is 15.0 Å². The van der Waals surface area contributed by atoms with Gasteiger partial charge in [0.1, 0.15) is 10.6 Å². The minimum atomic E-state index is -0.527. The Morgan fingerprint density at radius 1 is 1.45 bits per heavy atom. The van der Waals surface area contributed by atoms with Gasteiger partial charge in [0.25, 0.3) is 17.2 Å². The number of aromatic amines is 1. The van der Waals surface area contributed by atoms with E-state index in [1.54, 1.807) is 6.07 Å². The first-order chi connectivity index (χ1) is 9.52. The van der Waals surface area contributed by atoms with Gasteiger partial charge in [-0.1, -0.05) is 6.07 Å². The number of nitro groups is 1. The highest BCUT2D eigenvalue weighted by Gasteiger charge is 2.18. The molecule has 3 N–H and O–H groups in total. The van der Waals surface area contributed by atoms with Crippen molar-refractivity contribution in [3.63, 3.8) is 0 Å². The van der Waals surface area contributed by atoms with Crippen LogP contribution in [0.15, 0.2) is 29.1 Å². The molecule has 0 fully saturated rings. The highest BCUT2D eigenvalue weighted by molar-refractivity contribution is 7.10. The van der Waals surface area contributed by atoms with Gasteiger partial charge in [0.15, 0.2) is 0 Å². The van der Waals surface area contributed by atoms with Crippen LogP contribution in [0.3, 0.4) is 0 Å². The summed E-state index contributed by atoms with van der Waals surface area (Å²) in [7, 11) is 1.41. The molecule has 0 aliphatic heterocycles. The summed E-state index contributed by atoms with van der Waals surface area (Å²) in [6.45, 7) is 0. The Hall–Kier alpha value is -2.68. The summed E-state index contributed by atoms with van der Waals surface area (Å²) in [4.78, 5) is 33.3. The van der Waals surface area contributed by atoms with Crippen LogP contribution >= 0.6 is 11.5 Å². The second-order valence-corrected chi connectivity index (χ2v) is 4.57. The van der Waals surface area contributed by atoms with Crippen molar-refractivity contribution < 1.29 is 9.72 Å². The van der Waals surface area contributed by atoms with Gasteiger partial charge in [-0.15, -0.1) is 0 Å². The van der Waals surface area contributed by atoms with Crippen molar-refractivity contribution in [3.8, 4) is 0 Å². The Kier molecular flexibility index (Phi) is 3.80. The Morgan fingerprint density at radius 2 is 2.20 bits per heavy atom. The van der Waals surface area contributed by atoms with E-state index in [4.69, 9.17) is 0 Å². The second kappa shape index (κ2) is 5.53. The van der Waals surface area contributed by atoms with Crippen molar-refractivity contribution in [1.29, 1.82) is 0 Å². The molecule has 0 saturated carbocycles. The number of aromatic nitrogens is 1. The van der Waals surface area contributed by atoms with E-state index in [0.717, 1.165) is 11.5 Å². The summed E-state index contributed by atoms with van der Waals surface area (Å²) >= 11 is 0.950. The maximum absolute atomic E-state index is 11.6. The van der Waals surface area contributed by atoms with Gasteiger partial charge in [-0.3, -0.25) is 24.1 Å². The smallest absolute Gasteiger partial charge is 0.273 e. The Labute approximate surface area is 116 Å². The minimum absolute atomic E-state index is 0.0518. The predicted molar refractivity (Wildman–Crippen MR) is 74.7 cm³/mol. The second-order valence-electron chi connectivity index (χ2n) is 3.75. The van der Waals surface area contributed by atoms with Crippen molar-refractivity contribution in [3.05, 3.63) is 50.3 Å². The van der Waals surface area contributed by atoms with E-state index in [9.17, 15) is 19.7 Å². The molecule has 0 radical (unpaired) electrons. The monoisotopic (exact) mass is 294 g/mol. The molecule has 0 atom stereocenters. The summed E-state index contributed by atoms with van der Waals surface area (Å²) in [5.41, 5.74) is -0.231. The molecule has 1 aromatic heterocycles. The molecule has 8 nitrogen and oxygen atoms in total. The Morgan fingerprint density at radius 3 is 2.85 bits per heavy atom. The minimum Gasteiger partial charge on any atom is -0.355 e. The van der Waals surface area contributed by atoms with Gasteiger partial charge in [-0.05, 0) is 17.6 Å². The standard InChI is InChI=1S/C11H10N4O4S/c1-12-9(16)8-10(17)14-20-11(8)13-6-3-2-4-7(5-6)15(18)19/h2-5,13H,1H3,(H,12,16)(H,14,17). The molecule has 104 valence electrons. The molecular weight excluding hydrogens is 284 g/mol. The molecule has 0 saturated heterocycles. The van der Waals surface area contributed by atoms with Crippen molar-refractivity contribution in [2.24, 2.45) is 0 Å². The number of carbonyl (C=O) groups excluding carboxylic acids is 1. The molecule has 20 heavy (non-hydrogen) atoms. The van der Waals surface area contributed by atoms with E-state index >= 15 is 0 Å². The Balaban J connectivity index is 2.36. The van der Waals surface area contributed by atoms with Crippen LogP contribution in [0, 0.1) is 10.1 Å². The molecule has 1 aromatic carbocycles. The van der Waals surface area contributed by atoms with E-state index in [1.807, 2.05) is 0 Å². The molecule has 1 amide bonds. The number of rotatable bonds is 4. The fraction of sp³-hybridized carbons (Fsp3) is 0.0909. The number of nitrogens with one attached hydrogen (secondary N) is 3. The van der Waals surface area contributed by atoms with Gasteiger partial charge in [0, 0.05) is 24.9 Å². The van der Waals surface area contributed by atoms with E-state index < -0.39 is 16.4 Å². The average molecular weight is 294 g/mol. The zero-order valence-electron chi connectivity index (χ0n) is 10.3. The van der Waals surface area contributed by atoms with Gasteiger partial charge in [-0.25, -0.2) is 0 Å². The number of nitrogens with zero attached hydrogens (tertiary/aromatic N) is 1. The van der Waals surface area contributed by atoms with Crippen LogP contribution in [-0.2, 0) is 0 Å². The zero-order valence-corrected chi connectivity index (χ0v) is 11.1. The van der Waals surface area contributed by atoms with Gasteiger partial charge in [0.05, 0.1) is 4.92 Å². The SMILES string of the molecule is CNC(=O)c1c(Nc2cccc([N+](=O)[O-])c2)s[nH]c1=O. The van der Waals surface area contributed by atoms with Crippen LogP contribution in [0.1, 0.15) is 10.4 Å². The summed E-state index contributed by atoms with van der Waals surface area (Å²) in [6.07, 6.45) is 0. The van der Waals surface area contributed by atoms with Crippen LogP contribution in [-0.4, -0.2) is 22.3 Å². The van der Waals surface area contributed by atoms with Gasteiger partial charge >= 0.3 is 0 Å². The number of benzene rings is 1. The van der Waals surface area contributed by atoms with Crippen LogP contribution in [0.2, 0.25) is 0 Å². The van der Waals surface area contributed by atoms with Crippen LogP contribution in [0.4, 0.5) is 16.4 Å². The third-order valence-corrected chi connectivity index (χ3v) is 3.27. The quantitative estimate of drug-likeness (QED) is 0.582. The van der Waals surface area contributed by atoms with Crippen LogP contribution < -0.4 is 16.2 Å². The number of carbonyl (C=O) groups is 1. The topological polar surface area (TPSA) is 117 Å². The normalized spacial score (nSPS) is 10.1. The van der Waals surface area contributed by atoms with Crippen molar-refractivity contribution >= 4 is 33.8 Å². The zero-order chi connectivity index (χ0) is 14.7. The third kappa shape index (κ3) is 2.67. The van der Waals surface area contributed by atoms with Gasteiger partial charge < -0.3 is 10.6 Å². The third-order valence-electron chi connectivity index (χ3n) is 2.47. The fourth-order valence-electron chi connectivity index (χ4n) is 1.55. The lowest BCUT2D eigenvalue weighted by Crippen LogP contribution is -2.24. The number of non-ortho nitro benzene ring substituents is 1. The number of hydrogen-bond acceptors (Lipinski definition) is 6. The first-order valence-electron chi connectivity index (χ1n) is 5.48. The number of anilines is 2. The maximum Gasteiger partial charge on any atom is 0.273 e. The summed E-state index contributed by atoms with van der Waals surface area (Å²) in [6, 6.07) is 5.78. The van der Waals surface area contributed by atoms with Crippen LogP contribution in [0.25, 0.3) is 0 Å². The van der Waals surface area contributed by atoms with Crippen molar-refractivity contribution in [2.45, 2.75) is 0 Å². The Bertz CT molecular complexity index is 721. The van der Waals surface area contributed by atoms with Crippen LogP contribution in [0.5, 0.6) is 0 Å². The number of hydrogen-bond donors (Lipinski definition) is 3. The molecule has 2 aromatic rings. The van der Waals surface area contributed by atoms with E-state index in [-0.39, 0.29) is 11.3 Å². The molecule has 1 heterocycles. The van der Waals surface area contributed by atoms with Crippen molar-refractivity contribution in [2.75, 3.05) is 12.4 Å². The molecule has 9 heteroatoms. The van der Waals surface area contributed by atoms with E-state index in [0.29, 0.717) is 10.7 Å². The van der Waals surface area contributed by atoms with E-state index in [1.165, 1.54) is 25.2 Å². The average Bonchev–Trinajstić information content (AvgIpc) is 2.79. The lowest BCUT2D eigenvalue weighted by atomic mass is 10.2. The number of amides is 1. The first-order valence-corrected chi connectivity index (χ1v) is 6.29. The van der Waals surface area contributed by atoms with Gasteiger partial charge in [-0.2, -0.15) is 0 Å². The largest absolute Gasteiger partial charge is 0.355 e. The number of H-pyrrole nitrogens is 1. The maximum atomic E-state index is 11.6.